The molecule has 5 nitrogen and oxygen atoms in total. The Balaban J connectivity index is 1.71. The first-order valence-electron chi connectivity index (χ1n) is 9.41. The van der Waals surface area contributed by atoms with E-state index in [-0.39, 0.29) is 0 Å². The number of hydrogen-bond acceptors (Lipinski definition) is 5. The maximum Gasteiger partial charge on any atom is 0.127 e. The van der Waals surface area contributed by atoms with Crippen LogP contribution >= 0.6 is 0 Å². The summed E-state index contributed by atoms with van der Waals surface area (Å²) in [4.78, 5) is 9.17. The second-order valence-electron chi connectivity index (χ2n) is 7.18. The zero-order valence-electron chi connectivity index (χ0n) is 16.5. The van der Waals surface area contributed by atoms with Gasteiger partial charge in [-0.15, -0.1) is 0 Å². The molecule has 1 aliphatic rings. The molecule has 0 amide bonds. The molecular formula is C22H29N3O2. The lowest BCUT2D eigenvalue weighted by atomic mass is 10.1. The summed E-state index contributed by atoms with van der Waals surface area (Å²) in [5.74, 6) is 1.77. The first-order valence-corrected chi connectivity index (χ1v) is 9.41. The minimum Gasteiger partial charge on any atom is -0.497 e. The third-order valence-electron chi connectivity index (χ3n) is 4.61. The van der Waals surface area contributed by atoms with E-state index in [1.165, 1.54) is 5.57 Å². The summed E-state index contributed by atoms with van der Waals surface area (Å²) < 4.78 is 11.3. The summed E-state index contributed by atoms with van der Waals surface area (Å²) in [7, 11) is 5.92. The van der Waals surface area contributed by atoms with Crippen molar-refractivity contribution < 1.29 is 9.47 Å². The first-order chi connectivity index (χ1) is 13.1. The van der Waals surface area contributed by atoms with Gasteiger partial charge in [0, 0.05) is 31.4 Å². The molecule has 0 spiro atoms. The van der Waals surface area contributed by atoms with Crippen LogP contribution in [0, 0.1) is 0 Å². The quantitative estimate of drug-likeness (QED) is 0.680. The molecule has 0 saturated heterocycles. The second-order valence-corrected chi connectivity index (χ2v) is 7.18. The highest BCUT2D eigenvalue weighted by Crippen LogP contribution is 2.30. The van der Waals surface area contributed by atoms with Gasteiger partial charge in [-0.2, -0.15) is 0 Å². The average Bonchev–Trinajstić information content (AvgIpc) is 2.68. The van der Waals surface area contributed by atoms with Crippen LogP contribution in [0.4, 0.5) is 0 Å². The Bertz CT molecular complexity index is 759. The molecule has 144 valence electrons. The van der Waals surface area contributed by atoms with E-state index in [1.54, 1.807) is 7.11 Å². The molecule has 0 aliphatic carbocycles. The topological polar surface area (TPSA) is 37.8 Å². The summed E-state index contributed by atoms with van der Waals surface area (Å²) in [6.07, 6.45) is 5.22. The number of fused-ring (bicyclic) bond motifs is 1. The van der Waals surface area contributed by atoms with E-state index in [2.05, 4.69) is 41.0 Å². The fourth-order valence-corrected chi connectivity index (χ4v) is 3.25. The number of rotatable bonds is 9. The fraction of sp³-hybridized carbons (Fsp3) is 0.409. The van der Waals surface area contributed by atoms with Gasteiger partial charge in [0.05, 0.1) is 12.8 Å². The predicted octanol–water partition coefficient (Wildman–Crippen LogP) is 3.32. The van der Waals surface area contributed by atoms with E-state index in [0.717, 1.165) is 55.4 Å². The van der Waals surface area contributed by atoms with Gasteiger partial charge in [-0.25, -0.2) is 0 Å². The van der Waals surface area contributed by atoms with E-state index < -0.39 is 0 Å². The highest BCUT2D eigenvalue weighted by molar-refractivity contribution is 5.64. The largest absolute Gasteiger partial charge is 0.497 e. The van der Waals surface area contributed by atoms with Gasteiger partial charge in [0.15, 0.2) is 0 Å². The van der Waals surface area contributed by atoms with Crippen LogP contribution in [0.1, 0.15) is 17.7 Å². The van der Waals surface area contributed by atoms with Gasteiger partial charge in [-0.1, -0.05) is 6.07 Å². The van der Waals surface area contributed by atoms with Crippen molar-refractivity contribution in [3.05, 3.63) is 59.4 Å². The van der Waals surface area contributed by atoms with Gasteiger partial charge in [-0.05, 0) is 69.0 Å². The molecule has 1 aromatic carbocycles. The maximum absolute atomic E-state index is 5.96. The highest BCUT2D eigenvalue weighted by Gasteiger charge is 2.16. The molecule has 2 heterocycles. The van der Waals surface area contributed by atoms with Gasteiger partial charge < -0.3 is 14.4 Å². The van der Waals surface area contributed by atoms with Crippen LogP contribution in [-0.2, 0) is 6.54 Å². The molecule has 0 N–H and O–H groups in total. The minimum absolute atomic E-state index is 0.631. The Morgan fingerprint density at radius 3 is 2.74 bits per heavy atom. The highest BCUT2D eigenvalue weighted by atomic mass is 16.5. The minimum atomic E-state index is 0.631. The number of nitrogens with zero attached hydrogens (tertiary/aromatic N) is 3. The van der Waals surface area contributed by atoms with Crippen molar-refractivity contribution in [2.75, 3.05) is 47.4 Å². The van der Waals surface area contributed by atoms with Crippen LogP contribution in [0.25, 0.3) is 6.08 Å². The van der Waals surface area contributed by atoms with Gasteiger partial charge in [0.25, 0.3) is 0 Å². The van der Waals surface area contributed by atoms with Crippen molar-refractivity contribution in [3.63, 3.8) is 0 Å². The van der Waals surface area contributed by atoms with Crippen molar-refractivity contribution in [2.45, 2.75) is 13.0 Å². The summed E-state index contributed by atoms with van der Waals surface area (Å²) >= 11 is 0. The van der Waals surface area contributed by atoms with Crippen molar-refractivity contribution in [2.24, 2.45) is 0 Å². The molecule has 0 radical (unpaired) electrons. The Kier molecular flexibility index (Phi) is 6.85. The SMILES string of the molecule is COc1ccc2c(c1)C=C(CN(CCCN(C)C)Cc1ccccn1)CO2. The zero-order chi connectivity index (χ0) is 19.1. The number of aromatic nitrogens is 1. The van der Waals surface area contributed by atoms with E-state index in [0.29, 0.717) is 6.61 Å². The Morgan fingerprint density at radius 1 is 1.11 bits per heavy atom. The molecule has 0 atom stereocenters. The molecule has 0 unspecified atom stereocenters. The summed E-state index contributed by atoms with van der Waals surface area (Å²) in [6.45, 7) is 4.45. The average molecular weight is 367 g/mol. The van der Waals surface area contributed by atoms with Gasteiger partial charge >= 0.3 is 0 Å². The number of ether oxygens (including phenoxy) is 2. The zero-order valence-corrected chi connectivity index (χ0v) is 16.5. The lowest BCUT2D eigenvalue weighted by Crippen LogP contribution is -2.31. The number of hydrogen-bond donors (Lipinski definition) is 0. The van der Waals surface area contributed by atoms with E-state index >= 15 is 0 Å². The van der Waals surface area contributed by atoms with Crippen molar-refractivity contribution in [1.82, 2.24) is 14.8 Å². The summed E-state index contributed by atoms with van der Waals surface area (Å²) in [5, 5.41) is 0. The molecule has 5 heteroatoms. The standard InChI is InChI=1S/C22H29N3O2/c1-24(2)11-6-12-25(16-20-7-4-5-10-23-20)15-18-13-19-14-21(26-3)8-9-22(19)27-17-18/h4-5,7-10,13-14H,6,11-12,15-17H2,1-3H3. The molecule has 0 fully saturated rings. The number of benzene rings is 1. The normalized spacial score (nSPS) is 13.3. The fourth-order valence-electron chi connectivity index (χ4n) is 3.25. The Morgan fingerprint density at radius 2 is 2.00 bits per heavy atom. The molecule has 27 heavy (non-hydrogen) atoms. The van der Waals surface area contributed by atoms with Crippen molar-refractivity contribution >= 4 is 6.08 Å². The van der Waals surface area contributed by atoms with Gasteiger partial charge in [0.2, 0.25) is 0 Å². The second kappa shape index (κ2) is 9.53. The van der Waals surface area contributed by atoms with Crippen LogP contribution in [0.3, 0.4) is 0 Å². The predicted molar refractivity (Wildman–Crippen MR) is 109 cm³/mol. The third kappa shape index (κ3) is 5.81. The van der Waals surface area contributed by atoms with E-state index in [1.807, 2.05) is 36.5 Å². The molecule has 0 bridgehead atoms. The van der Waals surface area contributed by atoms with E-state index in [9.17, 15) is 0 Å². The van der Waals surface area contributed by atoms with E-state index in [4.69, 9.17) is 9.47 Å². The lowest BCUT2D eigenvalue weighted by Gasteiger charge is -2.26. The molecular weight excluding hydrogens is 338 g/mol. The van der Waals surface area contributed by atoms with Crippen LogP contribution in [0.2, 0.25) is 0 Å². The molecule has 1 aromatic heterocycles. The van der Waals surface area contributed by atoms with Crippen LogP contribution in [0.5, 0.6) is 11.5 Å². The Labute approximate surface area is 162 Å². The maximum atomic E-state index is 5.96. The molecule has 2 aromatic rings. The molecule has 3 rings (SSSR count). The number of pyridine rings is 1. The first kappa shape index (κ1) is 19.4. The van der Waals surface area contributed by atoms with Crippen LogP contribution in [0.15, 0.2) is 48.2 Å². The van der Waals surface area contributed by atoms with Crippen molar-refractivity contribution in [1.29, 1.82) is 0 Å². The van der Waals surface area contributed by atoms with Crippen molar-refractivity contribution in [3.8, 4) is 11.5 Å². The summed E-state index contributed by atoms with van der Waals surface area (Å²) in [5.41, 5.74) is 3.46. The monoisotopic (exact) mass is 367 g/mol. The molecule has 1 aliphatic heterocycles. The van der Waals surface area contributed by atoms with Gasteiger partial charge in [-0.3, -0.25) is 9.88 Å². The number of methoxy groups -OCH3 is 1. The summed E-state index contributed by atoms with van der Waals surface area (Å²) in [6, 6.07) is 12.0. The third-order valence-corrected chi connectivity index (χ3v) is 4.61. The molecule has 0 saturated carbocycles. The lowest BCUT2D eigenvalue weighted by molar-refractivity contribution is 0.249. The Hall–Kier alpha value is -2.37. The van der Waals surface area contributed by atoms with Crippen LogP contribution in [-0.4, -0.2) is 62.2 Å². The van der Waals surface area contributed by atoms with Gasteiger partial charge in [0.1, 0.15) is 18.1 Å². The smallest absolute Gasteiger partial charge is 0.127 e. The van der Waals surface area contributed by atoms with Crippen LogP contribution < -0.4 is 9.47 Å².